The van der Waals surface area contributed by atoms with Crippen LogP contribution in [-0.4, -0.2) is 5.78 Å². The Morgan fingerprint density at radius 1 is 1.33 bits per heavy atom. The predicted octanol–water partition coefficient (Wildman–Crippen LogP) is 3.54. The number of rotatable bonds is 2. The molecular formula is C12H9FOS. The van der Waals surface area contributed by atoms with Gasteiger partial charge in [-0.1, -0.05) is 6.08 Å². The van der Waals surface area contributed by atoms with E-state index in [0.29, 0.717) is 5.56 Å². The van der Waals surface area contributed by atoms with Crippen LogP contribution in [0.3, 0.4) is 0 Å². The fraction of sp³-hybridized carbons (Fsp3) is 0.0833. The maximum absolute atomic E-state index is 12.6. The van der Waals surface area contributed by atoms with Crippen molar-refractivity contribution in [2.45, 2.75) is 6.42 Å². The first kappa shape index (κ1) is 10.2. The third-order valence-corrected chi connectivity index (χ3v) is 2.97. The van der Waals surface area contributed by atoms with Crippen molar-refractivity contribution >= 4 is 17.5 Å². The summed E-state index contributed by atoms with van der Waals surface area (Å²) in [6.07, 6.45) is 4.43. The molecule has 0 bridgehead atoms. The normalized spacial score (nSPS) is 17.3. The van der Waals surface area contributed by atoms with Crippen LogP contribution in [0.4, 0.5) is 4.39 Å². The molecule has 0 saturated heterocycles. The second-order valence-electron chi connectivity index (χ2n) is 3.18. The summed E-state index contributed by atoms with van der Waals surface area (Å²) in [6, 6.07) is 5.60. The van der Waals surface area contributed by atoms with E-state index in [9.17, 15) is 9.18 Å². The lowest BCUT2D eigenvalue weighted by molar-refractivity contribution is 0.104. The molecule has 1 aromatic rings. The first-order chi connectivity index (χ1) is 7.25. The zero-order valence-corrected chi connectivity index (χ0v) is 8.76. The monoisotopic (exact) mass is 220 g/mol. The number of carbonyl (C=O) groups excluding carboxylic acids is 1. The number of thioether (sulfide) groups is 1. The van der Waals surface area contributed by atoms with Gasteiger partial charge in [-0.3, -0.25) is 4.79 Å². The topological polar surface area (TPSA) is 17.1 Å². The second-order valence-corrected chi connectivity index (χ2v) is 4.21. The van der Waals surface area contributed by atoms with Crippen LogP contribution in [0.15, 0.2) is 46.7 Å². The molecule has 0 atom stereocenters. The minimum Gasteiger partial charge on any atom is -0.289 e. The molecule has 0 unspecified atom stereocenters. The molecule has 1 nitrogen and oxygen atoms in total. The Kier molecular flexibility index (Phi) is 3.02. The lowest BCUT2D eigenvalue weighted by Crippen LogP contribution is -1.95. The smallest absolute Gasteiger partial charge is 0.186 e. The van der Waals surface area contributed by atoms with Crippen LogP contribution in [0.25, 0.3) is 0 Å². The summed E-state index contributed by atoms with van der Waals surface area (Å²) in [6.45, 7) is 0. The highest BCUT2D eigenvalue weighted by atomic mass is 32.2. The van der Waals surface area contributed by atoms with E-state index in [0.717, 1.165) is 11.3 Å². The molecule has 76 valence electrons. The van der Waals surface area contributed by atoms with Crippen molar-refractivity contribution in [2.24, 2.45) is 0 Å². The average Bonchev–Trinajstić information content (AvgIpc) is 2.71. The van der Waals surface area contributed by atoms with Crippen molar-refractivity contribution in [3.8, 4) is 0 Å². The molecule has 0 spiro atoms. The number of hydrogen-bond donors (Lipinski definition) is 0. The van der Waals surface area contributed by atoms with Crippen LogP contribution in [-0.2, 0) is 0 Å². The molecule has 0 radical (unpaired) electrons. The van der Waals surface area contributed by atoms with E-state index in [-0.39, 0.29) is 11.6 Å². The van der Waals surface area contributed by atoms with Gasteiger partial charge in [-0.25, -0.2) is 4.39 Å². The third-order valence-electron chi connectivity index (χ3n) is 2.06. The maximum atomic E-state index is 12.6. The number of halogens is 1. The first-order valence-electron chi connectivity index (χ1n) is 4.58. The van der Waals surface area contributed by atoms with Crippen LogP contribution in [0, 0.1) is 5.82 Å². The zero-order chi connectivity index (χ0) is 10.7. The van der Waals surface area contributed by atoms with E-state index in [2.05, 4.69) is 0 Å². The Balaban J connectivity index is 2.14. The van der Waals surface area contributed by atoms with Gasteiger partial charge in [0.05, 0.1) is 0 Å². The number of ketones is 1. The van der Waals surface area contributed by atoms with E-state index in [1.54, 1.807) is 17.8 Å². The molecule has 0 fully saturated rings. The number of allylic oxidation sites excluding steroid dienone is 3. The summed E-state index contributed by atoms with van der Waals surface area (Å²) in [5.74, 6) is -0.391. The van der Waals surface area contributed by atoms with Crippen molar-refractivity contribution in [2.75, 3.05) is 0 Å². The molecule has 15 heavy (non-hydrogen) atoms. The highest BCUT2D eigenvalue weighted by molar-refractivity contribution is 8.06. The number of hydrogen-bond acceptors (Lipinski definition) is 2. The van der Waals surface area contributed by atoms with Crippen LogP contribution in [0.1, 0.15) is 16.8 Å². The minimum absolute atomic E-state index is 0.0683. The number of benzene rings is 1. The Labute approximate surface area is 91.7 Å². The quantitative estimate of drug-likeness (QED) is 0.560. The van der Waals surface area contributed by atoms with Gasteiger partial charge in [-0.05, 0) is 47.1 Å². The Hall–Kier alpha value is -1.35. The zero-order valence-electron chi connectivity index (χ0n) is 7.94. The SMILES string of the molecule is O=C(/C=C1\CC=CS1)c1ccc(F)cc1. The summed E-state index contributed by atoms with van der Waals surface area (Å²) < 4.78 is 12.6. The maximum Gasteiger partial charge on any atom is 0.186 e. The molecule has 1 aromatic carbocycles. The average molecular weight is 220 g/mol. The first-order valence-corrected chi connectivity index (χ1v) is 5.46. The van der Waals surface area contributed by atoms with E-state index in [1.165, 1.54) is 24.3 Å². The van der Waals surface area contributed by atoms with Gasteiger partial charge in [0.15, 0.2) is 5.78 Å². The molecule has 0 amide bonds. The third kappa shape index (κ3) is 2.57. The van der Waals surface area contributed by atoms with Crippen LogP contribution in [0.5, 0.6) is 0 Å². The minimum atomic E-state index is -0.323. The Bertz CT molecular complexity index is 421. The summed E-state index contributed by atoms with van der Waals surface area (Å²) >= 11 is 1.55. The molecule has 2 rings (SSSR count). The van der Waals surface area contributed by atoms with Crippen molar-refractivity contribution < 1.29 is 9.18 Å². The van der Waals surface area contributed by atoms with Crippen molar-refractivity contribution in [3.63, 3.8) is 0 Å². The molecule has 0 aromatic heterocycles. The molecule has 0 saturated carbocycles. The molecule has 1 heterocycles. The van der Waals surface area contributed by atoms with Gasteiger partial charge in [0, 0.05) is 5.56 Å². The second kappa shape index (κ2) is 4.45. The Morgan fingerprint density at radius 3 is 2.67 bits per heavy atom. The largest absolute Gasteiger partial charge is 0.289 e. The summed E-state index contributed by atoms with van der Waals surface area (Å²) in [7, 11) is 0. The van der Waals surface area contributed by atoms with Crippen molar-refractivity contribution in [3.05, 3.63) is 58.1 Å². The van der Waals surface area contributed by atoms with Gasteiger partial charge in [0.25, 0.3) is 0 Å². The fourth-order valence-corrected chi connectivity index (χ4v) is 2.02. The summed E-state index contributed by atoms with van der Waals surface area (Å²) in [5.41, 5.74) is 0.524. The molecule has 1 aliphatic heterocycles. The van der Waals surface area contributed by atoms with Gasteiger partial charge in [0.1, 0.15) is 5.82 Å². The molecule has 3 heteroatoms. The highest BCUT2D eigenvalue weighted by Gasteiger charge is 2.06. The summed E-state index contributed by atoms with van der Waals surface area (Å²) in [4.78, 5) is 12.7. The van der Waals surface area contributed by atoms with Crippen LogP contribution < -0.4 is 0 Å². The molecule has 1 aliphatic rings. The standard InChI is InChI=1S/C12H9FOS/c13-10-5-3-9(4-6-10)12(14)8-11-2-1-7-15-11/h1,3-8H,2H2/b11-8+. The van der Waals surface area contributed by atoms with Crippen LogP contribution >= 0.6 is 11.8 Å². The highest BCUT2D eigenvalue weighted by Crippen LogP contribution is 2.28. The summed E-state index contributed by atoms with van der Waals surface area (Å²) in [5, 5.41) is 1.96. The van der Waals surface area contributed by atoms with E-state index >= 15 is 0 Å². The molecule has 0 N–H and O–H groups in total. The molecule has 0 aliphatic carbocycles. The predicted molar refractivity (Wildman–Crippen MR) is 60.2 cm³/mol. The van der Waals surface area contributed by atoms with Gasteiger partial charge in [-0.2, -0.15) is 0 Å². The lowest BCUT2D eigenvalue weighted by atomic mass is 10.1. The number of carbonyl (C=O) groups is 1. The van der Waals surface area contributed by atoms with Gasteiger partial charge in [0.2, 0.25) is 0 Å². The van der Waals surface area contributed by atoms with Gasteiger partial charge in [-0.15, -0.1) is 11.8 Å². The van der Waals surface area contributed by atoms with E-state index in [4.69, 9.17) is 0 Å². The van der Waals surface area contributed by atoms with Gasteiger partial charge >= 0.3 is 0 Å². The Morgan fingerprint density at radius 2 is 2.07 bits per heavy atom. The van der Waals surface area contributed by atoms with Crippen molar-refractivity contribution in [1.29, 1.82) is 0 Å². The van der Waals surface area contributed by atoms with Gasteiger partial charge < -0.3 is 0 Å². The van der Waals surface area contributed by atoms with E-state index in [1.807, 2.05) is 11.5 Å². The lowest BCUT2D eigenvalue weighted by Gasteiger charge is -1.97. The van der Waals surface area contributed by atoms with Crippen molar-refractivity contribution in [1.82, 2.24) is 0 Å². The molecular weight excluding hydrogens is 211 g/mol. The fourth-order valence-electron chi connectivity index (χ4n) is 1.28. The van der Waals surface area contributed by atoms with Crippen LogP contribution in [0.2, 0.25) is 0 Å². The van der Waals surface area contributed by atoms with E-state index < -0.39 is 0 Å².